The Labute approximate surface area is 182 Å². The Morgan fingerprint density at radius 3 is 2.10 bits per heavy atom. The number of nitrogens with zero attached hydrogens (tertiary/aromatic N) is 1. The van der Waals surface area contributed by atoms with Gasteiger partial charge in [-0.2, -0.15) is 0 Å². The number of primary sulfonamides is 1. The number of thiazole rings is 1. The highest BCUT2D eigenvalue weighted by atomic mass is 32.2. The first-order valence-electron chi connectivity index (χ1n) is 8.94. The minimum absolute atomic E-state index is 0.0494. The summed E-state index contributed by atoms with van der Waals surface area (Å²) in [5, 5.41) is 5.20. The predicted octanol–water partition coefficient (Wildman–Crippen LogP) is 5.72. The molecule has 1 heterocycles. The molecule has 0 aliphatic carbocycles. The van der Waals surface area contributed by atoms with E-state index >= 15 is 0 Å². The second-order valence-corrected chi connectivity index (χ2v) is 10.5. The van der Waals surface area contributed by atoms with Crippen LogP contribution in [0.25, 0.3) is 21.7 Å². The molecule has 0 aliphatic heterocycles. The highest BCUT2D eigenvalue weighted by molar-refractivity contribution is 8.01. The zero-order chi connectivity index (χ0) is 21.3. The van der Waals surface area contributed by atoms with Gasteiger partial charge in [-0.05, 0) is 61.0 Å². The number of aryl methyl sites for hydroxylation is 1. The molecule has 0 atom stereocenters. The lowest BCUT2D eigenvalue weighted by molar-refractivity contribution is 0.598. The molecule has 4 nitrogen and oxygen atoms in total. The molecule has 4 aromatic rings. The fourth-order valence-corrected chi connectivity index (χ4v) is 5.50. The van der Waals surface area contributed by atoms with Crippen LogP contribution in [0.1, 0.15) is 5.56 Å². The van der Waals surface area contributed by atoms with Gasteiger partial charge in [-0.1, -0.05) is 41.6 Å². The van der Waals surface area contributed by atoms with Crippen LogP contribution in [0.15, 0.2) is 86.9 Å². The Bertz CT molecular complexity index is 1280. The third kappa shape index (κ3) is 4.62. The maximum absolute atomic E-state index is 13.4. The van der Waals surface area contributed by atoms with Crippen molar-refractivity contribution in [2.45, 2.75) is 21.1 Å². The zero-order valence-electron chi connectivity index (χ0n) is 15.9. The van der Waals surface area contributed by atoms with Crippen LogP contribution in [0.4, 0.5) is 4.39 Å². The maximum atomic E-state index is 13.4. The summed E-state index contributed by atoms with van der Waals surface area (Å²) in [4.78, 5) is 6.78. The van der Waals surface area contributed by atoms with E-state index in [9.17, 15) is 12.8 Å². The van der Waals surface area contributed by atoms with Gasteiger partial charge in [0, 0.05) is 10.5 Å². The van der Waals surface area contributed by atoms with Crippen LogP contribution < -0.4 is 5.14 Å². The van der Waals surface area contributed by atoms with Crippen LogP contribution >= 0.6 is 23.1 Å². The standard InChI is InChI=1S/C22H17FN2O2S3/c1-14-2-10-18(11-3-14)28-22-25-20(15-4-8-17(23)9-5-15)21(29-22)16-6-12-19(13-7-16)30(24,26)27/h2-13H,1H3,(H2,24,26,27). The van der Waals surface area contributed by atoms with Crippen molar-refractivity contribution in [1.29, 1.82) is 0 Å². The summed E-state index contributed by atoms with van der Waals surface area (Å²) in [5.41, 5.74) is 3.50. The molecule has 30 heavy (non-hydrogen) atoms. The van der Waals surface area contributed by atoms with Crippen LogP contribution in [0.2, 0.25) is 0 Å². The molecule has 0 fully saturated rings. The summed E-state index contributed by atoms with van der Waals surface area (Å²) in [5.74, 6) is -0.317. The van der Waals surface area contributed by atoms with Gasteiger partial charge in [-0.3, -0.25) is 0 Å². The topological polar surface area (TPSA) is 73.0 Å². The Morgan fingerprint density at radius 2 is 1.50 bits per heavy atom. The van der Waals surface area contributed by atoms with Crippen LogP contribution in [0.5, 0.6) is 0 Å². The number of sulfonamides is 1. The lowest BCUT2D eigenvalue weighted by atomic mass is 10.1. The van der Waals surface area contributed by atoms with Crippen molar-refractivity contribution in [1.82, 2.24) is 4.98 Å². The largest absolute Gasteiger partial charge is 0.238 e. The molecule has 0 spiro atoms. The van der Waals surface area contributed by atoms with Gasteiger partial charge in [0.2, 0.25) is 10.0 Å². The van der Waals surface area contributed by atoms with Gasteiger partial charge in [0.05, 0.1) is 15.5 Å². The monoisotopic (exact) mass is 456 g/mol. The summed E-state index contributed by atoms with van der Waals surface area (Å²) < 4.78 is 37.4. The molecule has 0 saturated heterocycles. The molecule has 4 rings (SSSR count). The van der Waals surface area contributed by atoms with Gasteiger partial charge in [0.15, 0.2) is 4.34 Å². The summed E-state index contributed by atoms with van der Waals surface area (Å²) in [7, 11) is -3.77. The molecule has 0 unspecified atom stereocenters. The fraction of sp³-hybridized carbons (Fsp3) is 0.0455. The fourth-order valence-electron chi connectivity index (χ4n) is 2.85. The average Bonchev–Trinajstić information content (AvgIpc) is 3.13. The first kappa shape index (κ1) is 20.7. The summed E-state index contributed by atoms with van der Waals surface area (Å²) in [6, 6.07) is 20.7. The van der Waals surface area contributed by atoms with Crippen molar-refractivity contribution in [3.63, 3.8) is 0 Å². The summed E-state index contributed by atoms with van der Waals surface area (Å²) >= 11 is 3.05. The normalized spacial score (nSPS) is 11.6. The molecule has 0 amide bonds. The van der Waals surface area contributed by atoms with Crippen molar-refractivity contribution in [2.75, 3.05) is 0 Å². The number of rotatable bonds is 5. The van der Waals surface area contributed by atoms with Crippen LogP contribution in [0.3, 0.4) is 0 Å². The average molecular weight is 457 g/mol. The van der Waals surface area contributed by atoms with Gasteiger partial charge < -0.3 is 0 Å². The number of halogens is 1. The van der Waals surface area contributed by atoms with Gasteiger partial charge in [0.1, 0.15) is 5.82 Å². The van der Waals surface area contributed by atoms with E-state index in [0.29, 0.717) is 0 Å². The van der Waals surface area contributed by atoms with Crippen LogP contribution in [0, 0.1) is 12.7 Å². The number of benzene rings is 3. The molecular formula is C22H17FN2O2S3. The number of hydrogen-bond donors (Lipinski definition) is 1. The van der Waals surface area contributed by atoms with Gasteiger partial charge in [-0.25, -0.2) is 22.9 Å². The zero-order valence-corrected chi connectivity index (χ0v) is 18.3. The maximum Gasteiger partial charge on any atom is 0.238 e. The third-order valence-corrected chi connectivity index (χ3v) is 7.50. The lowest BCUT2D eigenvalue weighted by Gasteiger charge is -2.04. The molecule has 152 valence electrons. The van der Waals surface area contributed by atoms with Crippen molar-refractivity contribution in [3.05, 3.63) is 84.2 Å². The Kier molecular flexibility index (Phi) is 5.75. The number of hydrogen-bond acceptors (Lipinski definition) is 5. The first-order valence-corrected chi connectivity index (χ1v) is 12.1. The number of aromatic nitrogens is 1. The predicted molar refractivity (Wildman–Crippen MR) is 120 cm³/mol. The third-order valence-electron chi connectivity index (χ3n) is 4.40. The highest BCUT2D eigenvalue weighted by Gasteiger charge is 2.17. The minimum Gasteiger partial charge on any atom is -0.229 e. The van der Waals surface area contributed by atoms with Gasteiger partial charge >= 0.3 is 0 Å². The van der Waals surface area contributed by atoms with E-state index < -0.39 is 10.0 Å². The SMILES string of the molecule is Cc1ccc(Sc2nc(-c3ccc(F)cc3)c(-c3ccc(S(N)(=O)=O)cc3)s2)cc1. The Balaban J connectivity index is 1.78. The molecular weight excluding hydrogens is 439 g/mol. The Morgan fingerprint density at radius 1 is 0.900 bits per heavy atom. The number of nitrogens with two attached hydrogens (primary N) is 1. The van der Waals surface area contributed by atoms with Gasteiger partial charge in [0.25, 0.3) is 0 Å². The quantitative estimate of drug-likeness (QED) is 0.417. The van der Waals surface area contributed by atoms with Crippen molar-refractivity contribution in [2.24, 2.45) is 5.14 Å². The van der Waals surface area contributed by atoms with E-state index in [4.69, 9.17) is 10.1 Å². The Hall–Kier alpha value is -2.52. The molecule has 0 radical (unpaired) electrons. The van der Waals surface area contributed by atoms with Crippen LogP contribution in [-0.4, -0.2) is 13.4 Å². The highest BCUT2D eigenvalue weighted by Crippen LogP contribution is 2.42. The molecule has 1 aromatic heterocycles. The van der Waals surface area contributed by atoms with Crippen molar-refractivity contribution in [3.8, 4) is 21.7 Å². The van der Waals surface area contributed by atoms with Crippen LogP contribution in [-0.2, 0) is 10.0 Å². The molecule has 0 bridgehead atoms. The van der Waals surface area contributed by atoms with Gasteiger partial charge in [-0.15, -0.1) is 11.3 Å². The smallest absolute Gasteiger partial charge is 0.229 e. The summed E-state index contributed by atoms with van der Waals surface area (Å²) in [6.45, 7) is 2.04. The lowest BCUT2D eigenvalue weighted by Crippen LogP contribution is -2.11. The van der Waals surface area contributed by atoms with Crippen molar-refractivity contribution < 1.29 is 12.8 Å². The molecule has 3 aromatic carbocycles. The van der Waals surface area contributed by atoms with E-state index in [1.807, 2.05) is 31.2 Å². The van der Waals surface area contributed by atoms with Crippen molar-refractivity contribution >= 4 is 33.1 Å². The molecule has 2 N–H and O–H groups in total. The molecule has 0 aliphatic rings. The first-order chi connectivity index (χ1) is 14.3. The second kappa shape index (κ2) is 8.31. The van der Waals surface area contributed by atoms with E-state index in [1.165, 1.54) is 41.2 Å². The minimum atomic E-state index is -3.77. The van der Waals surface area contributed by atoms with E-state index in [1.54, 1.807) is 36.0 Å². The second-order valence-electron chi connectivity index (χ2n) is 6.65. The van der Waals surface area contributed by atoms with E-state index in [-0.39, 0.29) is 10.7 Å². The molecule has 8 heteroatoms. The summed E-state index contributed by atoms with van der Waals surface area (Å²) in [6.07, 6.45) is 0. The van der Waals surface area contributed by atoms with E-state index in [0.717, 1.165) is 30.9 Å². The molecule has 0 saturated carbocycles. The van der Waals surface area contributed by atoms with E-state index in [2.05, 4.69) is 0 Å².